The van der Waals surface area contributed by atoms with Crippen molar-refractivity contribution in [2.75, 3.05) is 6.54 Å². The van der Waals surface area contributed by atoms with Crippen LogP contribution in [0.4, 0.5) is 0 Å². The minimum atomic E-state index is -0.00154. The fraction of sp³-hybridized carbons (Fsp3) is 0.292. The molecule has 0 unspecified atom stereocenters. The standard InChI is InChI=1S/C24H22N6O2/c1-15-20(24(31)29-11-10-16-4-2-3-5-19(16)14-29)13-26-30(15)21-9-8-18(12-25-21)23-27-22(28-32-23)17-6-7-17/h2-5,8-9,12-13,17H,6-7,10-11,14H2,1H3. The molecular formula is C24H22N6O2. The summed E-state index contributed by atoms with van der Waals surface area (Å²) in [6, 6.07) is 12.0. The van der Waals surface area contributed by atoms with E-state index in [-0.39, 0.29) is 5.91 Å². The number of hydrogen-bond donors (Lipinski definition) is 0. The number of fused-ring (bicyclic) bond motifs is 1. The number of pyridine rings is 1. The van der Waals surface area contributed by atoms with E-state index in [4.69, 9.17) is 4.52 Å². The lowest BCUT2D eigenvalue weighted by Crippen LogP contribution is -2.36. The molecule has 0 saturated heterocycles. The maximum Gasteiger partial charge on any atom is 0.259 e. The number of nitrogens with zero attached hydrogens (tertiary/aromatic N) is 6. The quantitative estimate of drug-likeness (QED) is 0.494. The predicted octanol–water partition coefficient (Wildman–Crippen LogP) is 3.70. The van der Waals surface area contributed by atoms with E-state index in [0.717, 1.165) is 36.3 Å². The molecule has 4 heterocycles. The molecule has 32 heavy (non-hydrogen) atoms. The number of carbonyl (C=O) groups is 1. The van der Waals surface area contributed by atoms with Gasteiger partial charge in [0.1, 0.15) is 0 Å². The second-order valence-electron chi connectivity index (χ2n) is 8.44. The molecule has 0 N–H and O–H groups in total. The lowest BCUT2D eigenvalue weighted by molar-refractivity contribution is 0.0734. The van der Waals surface area contributed by atoms with Crippen molar-refractivity contribution in [2.45, 2.75) is 38.6 Å². The van der Waals surface area contributed by atoms with Gasteiger partial charge in [0, 0.05) is 25.2 Å². The Morgan fingerprint density at radius 2 is 1.94 bits per heavy atom. The Balaban J connectivity index is 1.22. The summed E-state index contributed by atoms with van der Waals surface area (Å²) >= 11 is 0. The number of benzene rings is 1. The zero-order chi connectivity index (χ0) is 21.7. The summed E-state index contributed by atoms with van der Waals surface area (Å²) in [7, 11) is 0. The summed E-state index contributed by atoms with van der Waals surface area (Å²) in [5, 5.41) is 8.50. The van der Waals surface area contributed by atoms with Crippen molar-refractivity contribution < 1.29 is 9.32 Å². The topological polar surface area (TPSA) is 89.9 Å². The molecule has 0 radical (unpaired) electrons. The van der Waals surface area contributed by atoms with E-state index in [0.29, 0.717) is 36.3 Å². The fourth-order valence-corrected chi connectivity index (χ4v) is 4.19. The Labute approximate surface area is 184 Å². The third-order valence-corrected chi connectivity index (χ3v) is 6.25. The largest absolute Gasteiger partial charge is 0.334 e. The third kappa shape index (κ3) is 3.28. The molecule has 0 spiro atoms. The molecule has 1 aromatic carbocycles. The minimum Gasteiger partial charge on any atom is -0.334 e. The van der Waals surface area contributed by atoms with E-state index in [9.17, 15) is 4.79 Å². The summed E-state index contributed by atoms with van der Waals surface area (Å²) in [5.74, 6) is 2.32. The normalized spacial score (nSPS) is 15.6. The molecule has 3 aromatic heterocycles. The Morgan fingerprint density at radius 3 is 2.72 bits per heavy atom. The van der Waals surface area contributed by atoms with Crippen molar-refractivity contribution in [3.05, 3.63) is 77.0 Å². The monoisotopic (exact) mass is 426 g/mol. The molecule has 8 nitrogen and oxygen atoms in total. The van der Waals surface area contributed by atoms with Crippen LogP contribution in [0.25, 0.3) is 17.3 Å². The van der Waals surface area contributed by atoms with Crippen molar-refractivity contribution in [2.24, 2.45) is 0 Å². The number of amides is 1. The summed E-state index contributed by atoms with van der Waals surface area (Å²) in [6.45, 7) is 3.23. The van der Waals surface area contributed by atoms with Gasteiger partial charge in [-0.05, 0) is 49.4 Å². The summed E-state index contributed by atoms with van der Waals surface area (Å²) < 4.78 is 7.07. The maximum absolute atomic E-state index is 13.2. The Morgan fingerprint density at radius 1 is 1.09 bits per heavy atom. The van der Waals surface area contributed by atoms with Crippen LogP contribution in [0.5, 0.6) is 0 Å². The number of aromatic nitrogens is 5. The fourth-order valence-electron chi connectivity index (χ4n) is 4.19. The second-order valence-corrected chi connectivity index (χ2v) is 8.44. The zero-order valence-corrected chi connectivity index (χ0v) is 17.7. The molecule has 1 saturated carbocycles. The van der Waals surface area contributed by atoms with E-state index in [1.54, 1.807) is 17.1 Å². The van der Waals surface area contributed by atoms with Crippen LogP contribution in [-0.4, -0.2) is 42.3 Å². The van der Waals surface area contributed by atoms with Crippen LogP contribution in [0.1, 0.15) is 51.8 Å². The highest BCUT2D eigenvalue weighted by molar-refractivity contribution is 5.95. The number of hydrogen-bond acceptors (Lipinski definition) is 6. The second kappa shape index (κ2) is 7.40. The highest BCUT2D eigenvalue weighted by Crippen LogP contribution is 2.38. The predicted molar refractivity (Wildman–Crippen MR) is 116 cm³/mol. The van der Waals surface area contributed by atoms with Crippen molar-refractivity contribution in [3.8, 4) is 17.3 Å². The van der Waals surface area contributed by atoms with Crippen molar-refractivity contribution in [3.63, 3.8) is 0 Å². The molecule has 160 valence electrons. The van der Waals surface area contributed by atoms with Gasteiger partial charge in [0.2, 0.25) is 0 Å². The van der Waals surface area contributed by atoms with Crippen LogP contribution in [-0.2, 0) is 13.0 Å². The van der Waals surface area contributed by atoms with Crippen LogP contribution in [0.3, 0.4) is 0 Å². The van der Waals surface area contributed by atoms with Gasteiger partial charge >= 0.3 is 0 Å². The third-order valence-electron chi connectivity index (χ3n) is 6.25. The Hall–Kier alpha value is -3.81. The van der Waals surface area contributed by atoms with Crippen LogP contribution in [0, 0.1) is 6.92 Å². The van der Waals surface area contributed by atoms with Crippen LogP contribution < -0.4 is 0 Å². The Bertz CT molecular complexity index is 1300. The molecule has 1 amide bonds. The summed E-state index contributed by atoms with van der Waals surface area (Å²) in [6.07, 6.45) is 6.45. The number of rotatable bonds is 4. The highest BCUT2D eigenvalue weighted by atomic mass is 16.5. The van der Waals surface area contributed by atoms with E-state index >= 15 is 0 Å². The van der Waals surface area contributed by atoms with Crippen molar-refractivity contribution in [1.82, 2.24) is 29.8 Å². The molecule has 4 aromatic rings. The van der Waals surface area contributed by atoms with Gasteiger partial charge < -0.3 is 9.42 Å². The molecule has 1 aliphatic heterocycles. The molecule has 1 aliphatic carbocycles. The molecule has 2 aliphatic rings. The van der Waals surface area contributed by atoms with E-state index in [1.807, 2.05) is 36.1 Å². The van der Waals surface area contributed by atoms with Crippen LogP contribution >= 0.6 is 0 Å². The van der Waals surface area contributed by atoms with Gasteiger partial charge in [0.05, 0.1) is 23.0 Å². The van der Waals surface area contributed by atoms with Gasteiger partial charge in [-0.1, -0.05) is 29.4 Å². The first-order valence-electron chi connectivity index (χ1n) is 10.9. The lowest BCUT2D eigenvalue weighted by Gasteiger charge is -2.28. The van der Waals surface area contributed by atoms with Crippen LogP contribution in [0.15, 0.2) is 53.3 Å². The van der Waals surface area contributed by atoms with E-state index < -0.39 is 0 Å². The number of carbonyl (C=O) groups excluding carboxylic acids is 1. The molecular weight excluding hydrogens is 404 g/mol. The van der Waals surface area contributed by atoms with Gasteiger partial charge in [-0.25, -0.2) is 9.67 Å². The SMILES string of the molecule is Cc1c(C(=O)N2CCc3ccccc3C2)cnn1-c1ccc(-c2nc(C3CC3)no2)cn1. The zero-order valence-electron chi connectivity index (χ0n) is 17.7. The average Bonchev–Trinajstić information content (AvgIpc) is 3.44. The van der Waals surface area contributed by atoms with Crippen LogP contribution in [0.2, 0.25) is 0 Å². The first kappa shape index (κ1) is 18.9. The van der Waals surface area contributed by atoms with Gasteiger partial charge in [-0.2, -0.15) is 10.1 Å². The van der Waals surface area contributed by atoms with Gasteiger partial charge in [0.15, 0.2) is 11.6 Å². The van der Waals surface area contributed by atoms with Gasteiger partial charge in [0.25, 0.3) is 11.8 Å². The lowest BCUT2D eigenvalue weighted by atomic mass is 9.99. The average molecular weight is 426 g/mol. The van der Waals surface area contributed by atoms with Crippen molar-refractivity contribution in [1.29, 1.82) is 0 Å². The summed E-state index contributed by atoms with van der Waals surface area (Å²) in [5.41, 5.74) is 4.66. The molecule has 0 atom stereocenters. The first-order valence-corrected chi connectivity index (χ1v) is 10.9. The molecule has 6 rings (SSSR count). The highest BCUT2D eigenvalue weighted by Gasteiger charge is 2.29. The molecule has 8 heteroatoms. The summed E-state index contributed by atoms with van der Waals surface area (Å²) in [4.78, 5) is 24.1. The molecule has 0 bridgehead atoms. The smallest absolute Gasteiger partial charge is 0.259 e. The van der Waals surface area contributed by atoms with Crippen molar-refractivity contribution >= 4 is 5.91 Å². The van der Waals surface area contributed by atoms with E-state index in [1.165, 1.54) is 11.1 Å². The Kier molecular flexibility index (Phi) is 4.38. The first-order chi connectivity index (χ1) is 15.7. The van der Waals surface area contributed by atoms with Gasteiger partial charge in [-0.15, -0.1) is 0 Å². The van der Waals surface area contributed by atoms with Gasteiger partial charge in [-0.3, -0.25) is 4.79 Å². The van der Waals surface area contributed by atoms with E-state index in [2.05, 4.69) is 32.4 Å². The minimum absolute atomic E-state index is 0.00154. The maximum atomic E-state index is 13.2. The molecule has 1 fully saturated rings.